The number of nitro benzene ring substituents is 1. The van der Waals surface area contributed by atoms with Gasteiger partial charge in [-0.05, 0) is 25.1 Å². The second kappa shape index (κ2) is 9.08. The third-order valence-electron chi connectivity index (χ3n) is 3.84. The van der Waals surface area contributed by atoms with Crippen molar-refractivity contribution in [3.05, 3.63) is 68.5 Å². The SMILES string of the molecule is CC(OC(=O)Cc1c(F)cccc1Cl)C(=O)Nc1ccc([N+](=O)[O-])cc1C(F)(F)F. The van der Waals surface area contributed by atoms with Crippen molar-refractivity contribution < 1.29 is 36.8 Å². The number of halogens is 5. The summed E-state index contributed by atoms with van der Waals surface area (Å²) < 4.78 is 58.0. The zero-order valence-electron chi connectivity index (χ0n) is 15.1. The summed E-state index contributed by atoms with van der Waals surface area (Å²) in [6, 6.07) is 5.50. The quantitative estimate of drug-likeness (QED) is 0.303. The van der Waals surface area contributed by atoms with Crippen LogP contribution in [0.25, 0.3) is 0 Å². The van der Waals surface area contributed by atoms with E-state index in [1.54, 1.807) is 0 Å². The Kier molecular flexibility index (Phi) is 6.98. The molecule has 0 bridgehead atoms. The molecule has 2 aromatic rings. The maximum absolute atomic E-state index is 13.7. The molecule has 0 spiro atoms. The highest BCUT2D eigenvalue weighted by molar-refractivity contribution is 6.31. The van der Waals surface area contributed by atoms with E-state index in [4.69, 9.17) is 16.3 Å². The molecule has 160 valence electrons. The number of benzene rings is 2. The molecule has 0 aromatic heterocycles. The Balaban J connectivity index is 2.12. The van der Waals surface area contributed by atoms with Gasteiger partial charge in [-0.25, -0.2) is 4.39 Å². The molecule has 0 fully saturated rings. The molecule has 7 nitrogen and oxygen atoms in total. The topological polar surface area (TPSA) is 98.5 Å². The van der Waals surface area contributed by atoms with Crippen molar-refractivity contribution in [1.29, 1.82) is 0 Å². The fourth-order valence-electron chi connectivity index (χ4n) is 2.36. The largest absolute Gasteiger partial charge is 0.452 e. The standard InChI is InChI=1S/C18H13ClF4N2O5/c1-9(30-16(26)8-11-13(19)3-2-4-14(11)20)17(27)24-15-6-5-10(25(28)29)7-12(15)18(21,22)23/h2-7,9H,8H2,1H3,(H,24,27). The summed E-state index contributed by atoms with van der Waals surface area (Å²) >= 11 is 5.79. The molecule has 30 heavy (non-hydrogen) atoms. The van der Waals surface area contributed by atoms with Crippen LogP contribution in [0.4, 0.5) is 28.9 Å². The van der Waals surface area contributed by atoms with Crippen molar-refractivity contribution >= 4 is 34.9 Å². The molecule has 0 aliphatic carbocycles. The molecular weight excluding hydrogens is 436 g/mol. The molecule has 1 atom stereocenters. The number of rotatable bonds is 6. The van der Waals surface area contributed by atoms with Gasteiger partial charge in [-0.2, -0.15) is 13.2 Å². The lowest BCUT2D eigenvalue weighted by Gasteiger charge is -2.17. The first-order valence-electron chi connectivity index (χ1n) is 8.19. The van der Waals surface area contributed by atoms with Gasteiger partial charge in [0.15, 0.2) is 6.10 Å². The number of hydrogen-bond donors (Lipinski definition) is 1. The highest BCUT2D eigenvalue weighted by Gasteiger charge is 2.36. The van der Waals surface area contributed by atoms with Crippen LogP contribution < -0.4 is 5.32 Å². The number of nitrogens with zero attached hydrogens (tertiary/aromatic N) is 1. The highest BCUT2D eigenvalue weighted by atomic mass is 35.5. The molecular formula is C18H13ClF4N2O5. The van der Waals surface area contributed by atoms with Gasteiger partial charge in [0.2, 0.25) is 0 Å². The predicted molar refractivity (Wildman–Crippen MR) is 97.4 cm³/mol. The van der Waals surface area contributed by atoms with Crippen LogP contribution in [0.2, 0.25) is 5.02 Å². The summed E-state index contributed by atoms with van der Waals surface area (Å²) in [7, 11) is 0. The molecule has 0 heterocycles. The van der Waals surface area contributed by atoms with Crippen molar-refractivity contribution in [2.75, 3.05) is 5.32 Å². The molecule has 1 unspecified atom stereocenters. The van der Waals surface area contributed by atoms with E-state index in [1.165, 1.54) is 12.1 Å². The third-order valence-corrected chi connectivity index (χ3v) is 4.19. The van der Waals surface area contributed by atoms with Crippen molar-refractivity contribution in [3.63, 3.8) is 0 Å². The van der Waals surface area contributed by atoms with E-state index in [2.05, 4.69) is 0 Å². The molecule has 0 aliphatic heterocycles. The van der Waals surface area contributed by atoms with Gasteiger partial charge in [0.05, 0.1) is 22.6 Å². The third kappa shape index (κ3) is 5.66. The Morgan fingerprint density at radius 2 is 1.93 bits per heavy atom. The number of alkyl halides is 3. The number of esters is 1. The summed E-state index contributed by atoms with van der Waals surface area (Å²) in [6.45, 7) is 1.09. The minimum absolute atomic E-state index is 0.0373. The monoisotopic (exact) mass is 448 g/mol. The summed E-state index contributed by atoms with van der Waals surface area (Å²) in [5, 5.41) is 12.6. The highest BCUT2D eigenvalue weighted by Crippen LogP contribution is 2.37. The zero-order valence-corrected chi connectivity index (χ0v) is 15.9. The first-order valence-corrected chi connectivity index (χ1v) is 8.56. The smallest absolute Gasteiger partial charge is 0.418 e. The average Bonchev–Trinajstić information content (AvgIpc) is 2.64. The first-order chi connectivity index (χ1) is 13.9. The molecule has 2 aromatic carbocycles. The lowest BCUT2D eigenvalue weighted by molar-refractivity contribution is -0.385. The van der Waals surface area contributed by atoms with Crippen molar-refractivity contribution in [1.82, 2.24) is 0 Å². The number of ether oxygens (including phenoxy) is 1. The van der Waals surface area contributed by atoms with E-state index in [1.807, 2.05) is 5.32 Å². The Labute approximate surface area is 171 Å². The summed E-state index contributed by atoms with van der Waals surface area (Å²) in [5.41, 5.74) is -3.17. The molecule has 0 saturated heterocycles. The number of nitro groups is 1. The zero-order chi connectivity index (χ0) is 22.6. The van der Waals surface area contributed by atoms with Crippen LogP contribution in [0.1, 0.15) is 18.1 Å². The van der Waals surface area contributed by atoms with Gasteiger partial charge in [0.25, 0.3) is 11.6 Å². The fourth-order valence-corrected chi connectivity index (χ4v) is 2.59. The lowest BCUT2D eigenvalue weighted by atomic mass is 10.1. The van der Waals surface area contributed by atoms with Crippen LogP contribution in [-0.2, 0) is 26.9 Å². The van der Waals surface area contributed by atoms with Crippen molar-refractivity contribution in [3.8, 4) is 0 Å². The molecule has 1 amide bonds. The number of anilines is 1. The van der Waals surface area contributed by atoms with Gasteiger partial charge in [-0.1, -0.05) is 17.7 Å². The van der Waals surface area contributed by atoms with Crippen LogP contribution >= 0.6 is 11.6 Å². The molecule has 0 radical (unpaired) electrons. The molecule has 2 rings (SSSR count). The molecule has 1 N–H and O–H groups in total. The second-order valence-corrected chi connectivity index (χ2v) is 6.39. The van der Waals surface area contributed by atoms with Crippen LogP contribution in [0.15, 0.2) is 36.4 Å². The molecule has 0 aliphatic rings. The van der Waals surface area contributed by atoms with Gasteiger partial charge >= 0.3 is 12.1 Å². The summed E-state index contributed by atoms with van der Waals surface area (Å²) in [6.07, 6.45) is -7.13. The maximum atomic E-state index is 13.7. The van der Waals surface area contributed by atoms with Gasteiger partial charge in [-0.15, -0.1) is 0 Å². The summed E-state index contributed by atoms with van der Waals surface area (Å²) in [5.74, 6) is -2.93. The summed E-state index contributed by atoms with van der Waals surface area (Å²) in [4.78, 5) is 33.8. The number of carbonyl (C=O) groups is 2. The van der Waals surface area contributed by atoms with E-state index < -0.39 is 58.3 Å². The number of hydrogen-bond acceptors (Lipinski definition) is 5. The number of non-ortho nitro benzene ring substituents is 1. The van der Waals surface area contributed by atoms with Crippen LogP contribution in [-0.4, -0.2) is 22.9 Å². The molecule has 12 heteroatoms. The number of amides is 1. The normalized spacial score (nSPS) is 12.2. The van der Waals surface area contributed by atoms with E-state index in [9.17, 15) is 37.3 Å². The number of nitrogens with one attached hydrogen (secondary N) is 1. The van der Waals surface area contributed by atoms with Crippen LogP contribution in [0.5, 0.6) is 0 Å². The van der Waals surface area contributed by atoms with Gasteiger partial charge in [-0.3, -0.25) is 19.7 Å². The minimum atomic E-state index is -4.99. The minimum Gasteiger partial charge on any atom is -0.452 e. The number of carbonyl (C=O) groups excluding carboxylic acids is 2. The van der Waals surface area contributed by atoms with Crippen LogP contribution in [0, 0.1) is 15.9 Å². The first kappa shape index (κ1) is 23.1. The Hall–Kier alpha value is -3.21. The van der Waals surface area contributed by atoms with E-state index in [0.717, 1.165) is 19.1 Å². The van der Waals surface area contributed by atoms with E-state index >= 15 is 0 Å². The Morgan fingerprint density at radius 1 is 1.27 bits per heavy atom. The Morgan fingerprint density at radius 3 is 2.50 bits per heavy atom. The van der Waals surface area contributed by atoms with Crippen LogP contribution in [0.3, 0.4) is 0 Å². The van der Waals surface area contributed by atoms with E-state index in [-0.39, 0.29) is 16.7 Å². The van der Waals surface area contributed by atoms with Gasteiger partial charge in [0.1, 0.15) is 5.82 Å². The average molecular weight is 449 g/mol. The van der Waals surface area contributed by atoms with Crippen molar-refractivity contribution in [2.45, 2.75) is 25.6 Å². The maximum Gasteiger partial charge on any atom is 0.418 e. The fraction of sp³-hybridized carbons (Fsp3) is 0.222. The molecule has 0 saturated carbocycles. The van der Waals surface area contributed by atoms with E-state index in [0.29, 0.717) is 6.07 Å². The van der Waals surface area contributed by atoms with Gasteiger partial charge in [0, 0.05) is 22.7 Å². The van der Waals surface area contributed by atoms with Crippen molar-refractivity contribution in [2.24, 2.45) is 0 Å². The predicted octanol–water partition coefficient (Wildman–Crippen LogP) is 4.52. The second-order valence-electron chi connectivity index (χ2n) is 5.98. The Bertz CT molecular complexity index is 977. The van der Waals surface area contributed by atoms with Gasteiger partial charge < -0.3 is 10.1 Å². The lowest BCUT2D eigenvalue weighted by Crippen LogP contribution is -2.31.